The van der Waals surface area contributed by atoms with Gasteiger partial charge in [-0.2, -0.15) is 0 Å². The Morgan fingerprint density at radius 3 is 2.59 bits per heavy atom. The largest absolute Gasteiger partial charge is 0.378 e. The SMILES string of the molecule is CCOC1CC(N)(C(=O)NCC2CCN(CCc3ccccc3)C2)C1(C)C.Cl.Cl. The molecule has 3 N–H and O–H groups in total. The Morgan fingerprint density at radius 1 is 1.28 bits per heavy atom. The van der Waals surface area contributed by atoms with E-state index in [1.807, 2.05) is 20.8 Å². The molecular weight excluding hydrogens is 409 g/mol. The van der Waals surface area contributed by atoms with E-state index in [9.17, 15) is 4.79 Å². The summed E-state index contributed by atoms with van der Waals surface area (Å²) in [6.45, 7) is 10.7. The number of halogens is 2. The number of amides is 1. The fraction of sp³-hybridized carbons (Fsp3) is 0.682. The van der Waals surface area contributed by atoms with Crippen molar-refractivity contribution in [3.8, 4) is 0 Å². The van der Waals surface area contributed by atoms with Gasteiger partial charge in [0, 0.05) is 38.1 Å². The van der Waals surface area contributed by atoms with E-state index in [1.165, 1.54) is 5.56 Å². The number of ether oxygens (including phenoxy) is 1. The second-order valence-electron chi connectivity index (χ2n) is 8.74. The third-order valence-corrected chi connectivity index (χ3v) is 6.72. The van der Waals surface area contributed by atoms with E-state index in [0.29, 0.717) is 18.9 Å². The standard InChI is InChI=1S/C22H35N3O2.2ClH/c1-4-27-19-14-22(23,21(19,2)3)20(26)24-15-18-11-13-25(16-18)12-10-17-8-6-5-7-9-17;;/h5-9,18-19H,4,10-16,23H2,1-3H3,(H,24,26);2*1H. The third-order valence-electron chi connectivity index (χ3n) is 6.72. The van der Waals surface area contributed by atoms with Crippen molar-refractivity contribution in [1.29, 1.82) is 0 Å². The first-order valence-electron chi connectivity index (χ1n) is 10.3. The lowest BCUT2D eigenvalue weighted by Crippen LogP contribution is -2.75. The average Bonchev–Trinajstić information content (AvgIpc) is 3.13. The summed E-state index contributed by atoms with van der Waals surface area (Å²) in [6.07, 6.45) is 2.89. The van der Waals surface area contributed by atoms with Crippen molar-refractivity contribution in [3.63, 3.8) is 0 Å². The zero-order valence-electron chi connectivity index (χ0n) is 17.9. The molecule has 1 saturated heterocycles. The van der Waals surface area contributed by atoms with Crippen LogP contribution >= 0.6 is 24.8 Å². The second kappa shape index (κ2) is 11.0. The van der Waals surface area contributed by atoms with Crippen LogP contribution in [0.25, 0.3) is 0 Å². The Hall–Kier alpha value is -0.850. The molecule has 2 fully saturated rings. The van der Waals surface area contributed by atoms with E-state index in [-0.39, 0.29) is 42.2 Å². The van der Waals surface area contributed by atoms with Crippen LogP contribution in [0.1, 0.15) is 39.2 Å². The monoisotopic (exact) mass is 445 g/mol. The van der Waals surface area contributed by atoms with Crippen LogP contribution in [0.4, 0.5) is 0 Å². The summed E-state index contributed by atoms with van der Waals surface area (Å²) in [5.41, 5.74) is 6.70. The van der Waals surface area contributed by atoms with Crippen LogP contribution in [0.15, 0.2) is 30.3 Å². The molecule has 2 aliphatic rings. The first-order valence-corrected chi connectivity index (χ1v) is 10.3. The summed E-state index contributed by atoms with van der Waals surface area (Å²) < 4.78 is 5.73. The van der Waals surface area contributed by atoms with Crippen molar-refractivity contribution in [2.75, 3.05) is 32.8 Å². The lowest BCUT2D eigenvalue weighted by molar-refractivity contribution is -0.170. The average molecular weight is 446 g/mol. The summed E-state index contributed by atoms with van der Waals surface area (Å²) in [7, 11) is 0. The van der Waals surface area contributed by atoms with Gasteiger partial charge in [-0.15, -0.1) is 24.8 Å². The van der Waals surface area contributed by atoms with E-state index in [2.05, 4.69) is 40.5 Å². The predicted molar refractivity (Wildman–Crippen MR) is 123 cm³/mol. The molecule has 29 heavy (non-hydrogen) atoms. The highest BCUT2D eigenvalue weighted by atomic mass is 35.5. The van der Waals surface area contributed by atoms with E-state index in [4.69, 9.17) is 10.5 Å². The van der Waals surface area contributed by atoms with E-state index >= 15 is 0 Å². The van der Waals surface area contributed by atoms with Crippen molar-refractivity contribution in [2.45, 2.75) is 51.7 Å². The molecule has 1 aromatic rings. The fourth-order valence-electron chi connectivity index (χ4n) is 4.43. The molecule has 0 spiro atoms. The Labute approximate surface area is 187 Å². The summed E-state index contributed by atoms with van der Waals surface area (Å²) in [6, 6.07) is 10.6. The van der Waals surface area contributed by atoms with E-state index in [1.54, 1.807) is 0 Å². The van der Waals surface area contributed by atoms with Gasteiger partial charge < -0.3 is 20.7 Å². The number of carbonyl (C=O) groups is 1. The van der Waals surface area contributed by atoms with Crippen LogP contribution in [0, 0.1) is 11.3 Å². The Balaban J connectivity index is 0.00000210. The molecule has 0 bridgehead atoms. The summed E-state index contributed by atoms with van der Waals surface area (Å²) in [4.78, 5) is 15.3. The number of carbonyl (C=O) groups excluding carboxylic acids is 1. The number of rotatable bonds is 8. The highest BCUT2D eigenvalue weighted by Crippen LogP contribution is 2.49. The normalized spacial score (nSPS) is 28.0. The van der Waals surface area contributed by atoms with Gasteiger partial charge in [-0.1, -0.05) is 44.2 Å². The van der Waals surface area contributed by atoms with Crippen LogP contribution in [0.2, 0.25) is 0 Å². The van der Waals surface area contributed by atoms with Gasteiger partial charge in [0.2, 0.25) is 5.91 Å². The lowest BCUT2D eigenvalue weighted by Gasteiger charge is -2.57. The van der Waals surface area contributed by atoms with Gasteiger partial charge in [-0.3, -0.25) is 4.79 Å². The minimum atomic E-state index is -0.821. The molecule has 5 nitrogen and oxygen atoms in total. The van der Waals surface area contributed by atoms with Gasteiger partial charge in [0.05, 0.1) is 6.10 Å². The molecule has 1 heterocycles. The van der Waals surface area contributed by atoms with Crippen LogP contribution < -0.4 is 11.1 Å². The molecule has 0 radical (unpaired) electrons. The van der Waals surface area contributed by atoms with Gasteiger partial charge in [0.1, 0.15) is 5.54 Å². The van der Waals surface area contributed by atoms with Gasteiger partial charge in [0.25, 0.3) is 0 Å². The Kier molecular flexibility index (Phi) is 9.90. The number of nitrogens with zero attached hydrogens (tertiary/aromatic N) is 1. The molecule has 1 aromatic carbocycles. The molecule has 1 aliphatic heterocycles. The quantitative estimate of drug-likeness (QED) is 0.644. The highest BCUT2D eigenvalue weighted by Gasteiger charge is 2.62. The maximum absolute atomic E-state index is 12.8. The van der Waals surface area contributed by atoms with Gasteiger partial charge >= 0.3 is 0 Å². The number of nitrogens with two attached hydrogens (primary N) is 1. The summed E-state index contributed by atoms with van der Waals surface area (Å²) >= 11 is 0. The minimum absolute atomic E-state index is 0. The second-order valence-corrected chi connectivity index (χ2v) is 8.74. The fourth-order valence-corrected chi connectivity index (χ4v) is 4.43. The third kappa shape index (κ3) is 5.65. The maximum atomic E-state index is 12.8. The molecule has 3 unspecified atom stereocenters. The zero-order chi connectivity index (χ0) is 19.5. The van der Waals surface area contributed by atoms with Crippen LogP contribution in [-0.4, -0.2) is 55.2 Å². The molecule has 1 aliphatic carbocycles. The minimum Gasteiger partial charge on any atom is -0.378 e. The van der Waals surface area contributed by atoms with Gasteiger partial charge in [-0.25, -0.2) is 0 Å². The molecule has 3 rings (SSSR count). The van der Waals surface area contributed by atoms with Crippen molar-refractivity contribution in [1.82, 2.24) is 10.2 Å². The molecule has 1 amide bonds. The molecular formula is C22H37Cl2N3O2. The lowest BCUT2D eigenvalue weighted by atomic mass is 9.54. The maximum Gasteiger partial charge on any atom is 0.240 e. The molecule has 0 aromatic heterocycles. The van der Waals surface area contributed by atoms with Crippen molar-refractivity contribution >= 4 is 30.7 Å². The first-order chi connectivity index (χ1) is 12.9. The molecule has 7 heteroatoms. The smallest absolute Gasteiger partial charge is 0.240 e. The highest BCUT2D eigenvalue weighted by molar-refractivity contribution is 5.88. The number of benzene rings is 1. The Morgan fingerprint density at radius 2 is 1.97 bits per heavy atom. The number of hydrogen-bond donors (Lipinski definition) is 2. The number of nitrogens with one attached hydrogen (secondary N) is 1. The number of hydrogen-bond acceptors (Lipinski definition) is 4. The summed E-state index contributed by atoms with van der Waals surface area (Å²) in [5.74, 6) is 0.491. The van der Waals surface area contributed by atoms with E-state index in [0.717, 1.165) is 39.0 Å². The molecule has 166 valence electrons. The van der Waals surface area contributed by atoms with E-state index < -0.39 is 5.54 Å². The first kappa shape index (κ1) is 26.2. The van der Waals surface area contributed by atoms with Crippen LogP contribution in [0.5, 0.6) is 0 Å². The predicted octanol–water partition coefficient (Wildman–Crippen LogP) is 3.04. The van der Waals surface area contributed by atoms with Crippen LogP contribution in [-0.2, 0) is 16.0 Å². The number of likely N-dealkylation sites (tertiary alicyclic amines) is 1. The molecule has 1 saturated carbocycles. The van der Waals surface area contributed by atoms with Crippen molar-refractivity contribution in [3.05, 3.63) is 35.9 Å². The van der Waals surface area contributed by atoms with Crippen LogP contribution in [0.3, 0.4) is 0 Å². The van der Waals surface area contributed by atoms with Crippen molar-refractivity contribution < 1.29 is 9.53 Å². The Bertz CT molecular complexity index is 644. The van der Waals surface area contributed by atoms with Crippen molar-refractivity contribution in [2.24, 2.45) is 17.1 Å². The van der Waals surface area contributed by atoms with Gasteiger partial charge in [-0.05, 0) is 37.8 Å². The molecule has 3 atom stereocenters. The topological polar surface area (TPSA) is 67.6 Å². The zero-order valence-corrected chi connectivity index (χ0v) is 19.5. The van der Waals surface area contributed by atoms with Gasteiger partial charge in [0.15, 0.2) is 0 Å². The summed E-state index contributed by atoms with van der Waals surface area (Å²) in [5, 5.41) is 3.13.